The Morgan fingerprint density at radius 1 is 1.30 bits per heavy atom. The van der Waals surface area contributed by atoms with E-state index in [9.17, 15) is 22.0 Å². The molecule has 1 aromatic carbocycles. The van der Waals surface area contributed by atoms with Crippen LogP contribution in [0.2, 0.25) is 0 Å². The third-order valence-corrected chi connectivity index (χ3v) is 3.69. The van der Waals surface area contributed by atoms with Crippen molar-refractivity contribution in [3.8, 4) is 5.75 Å². The van der Waals surface area contributed by atoms with Gasteiger partial charge in [0, 0.05) is 24.8 Å². The fraction of sp³-hybridized carbons (Fsp3) is 0.364. The summed E-state index contributed by atoms with van der Waals surface area (Å²) >= 11 is 0. The second kappa shape index (κ2) is 6.36. The highest BCUT2D eigenvalue weighted by molar-refractivity contribution is 8.13. The predicted molar refractivity (Wildman–Crippen MR) is 68.2 cm³/mol. The van der Waals surface area contributed by atoms with Crippen LogP contribution in [0.4, 0.5) is 8.78 Å². The molecule has 112 valence electrons. The van der Waals surface area contributed by atoms with E-state index >= 15 is 0 Å². The predicted octanol–water partition coefficient (Wildman–Crippen LogP) is 1.75. The Labute approximate surface area is 119 Å². The van der Waals surface area contributed by atoms with Crippen LogP contribution < -0.4 is 4.74 Å². The first-order valence-corrected chi connectivity index (χ1v) is 7.71. The Morgan fingerprint density at radius 3 is 2.40 bits per heavy atom. The minimum atomic E-state index is -4.38. The van der Waals surface area contributed by atoms with Crippen molar-refractivity contribution in [3.63, 3.8) is 0 Å². The van der Waals surface area contributed by atoms with Crippen molar-refractivity contribution in [1.29, 1.82) is 0 Å². The molecular weight excluding hydrogens is 316 g/mol. The van der Waals surface area contributed by atoms with Crippen LogP contribution in [-0.4, -0.2) is 39.9 Å². The van der Waals surface area contributed by atoms with E-state index in [4.69, 9.17) is 15.4 Å². The highest BCUT2D eigenvalue weighted by atomic mass is 35.7. The number of amides is 1. The first kappa shape index (κ1) is 16.6. The minimum absolute atomic E-state index is 0.0242. The molecule has 1 rings (SSSR count). The average Bonchev–Trinajstić information content (AvgIpc) is 2.32. The van der Waals surface area contributed by atoms with E-state index in [1.165, 1.54) is 4.90 Å². The monoisotopic (exact) mass is 327 g/mol. The molecule has 0 radical (unpaired) electrons. The quantitative estimate of drug-likeness (QED) is 0.773. The summed E-state index contributed by atoms with van der Waals surface area (Å²) in [6.07, 6.45) is -0.0242. The van der Waals surface area contributed by atoms with Crippen molar-refractivity contribution in [2.45, 2.75) is 11.3 Å². The lowest BCUT2D eigenvalue weighted by molar-refractivity contribution is -0.129. The Bertz CT molecular complexity index is 619. The molecule has 0 spiro atoms. The fourth-order valence-electron chi connectivity index (χ4n) is 1.29. The van der Waals surface area contributed by atoms with E-state index in [1.54, 1.807) is 14.1 Å². The molecule has 9 heteroatoms. The van der Waals surface area contributed by atoms with Crippen LogP contribution in [0.3, 0.4) is 0 Å². The molecule has 0 heterocycles. The van der Waals surface area contributed by atoms with Gasteiger partial charge in [-0.25, -0.2) is 12.8 Å². The van der Waals surface area contributed by atoms with E-state index in [0.29, 0.717) is 0 Å². The Morgan fingerprint density at radius 2 is 1.90 bits per heavy atom. The molecule has 0 N–H and O–H groups in total. The van der Waals surface area contributed by atoms with Gasteiger partial charge in [0.2, 0.25) is 11.7 Å². The lowest BCUT2D eigenvalue weighted by Gasteiger charge is -2.12. The summed E-state index contributed by atoms with van der Waals surface area (Å²) in [6.45, 7) is -0.166. The van der Waals surface area contributed by atoms with Crippen molar-refractivity contribution in [2.24, 2.45) is 0 Å². The number of nitrogens with zero attached hydrogens (tertiary/aromatic N) is 1. The lowest BCUT2D eigenvalue weighted by atomic mass is 10.3. The number of benzene rings is 1. The fourth-order valence-corrected chi connectivity index (χ4v) is 2.18. The minimum Gasteiger partial charge on any atom is -0.490 e. The SMILES string of the molecule is CN(C)C(=O)CCOc1ccc(S(=O)(=O)Cl)c(F)c1F. The molecule has 20 heavy (non-hydrogen) atoms. The van der Waals surface area contributed by atoms with Gasteiger partial charge < -0.3 is 9.64 Å². The van der Waals surface area contributed by atoms with Gasteiger partial charge in [0.1, 0.15) is 4.90 Å². The maximum Gasteiger partial charge on any atom is 0.264 e. The molecule has 1 amide bonds. The molecule has 0 atom stereocenters. The lowest BCUT2D eigenvalue weighted by Crippen LogP contribution is -2.23. The first-order chi connectivity index (χ1) is 9.14. The van der Waals surface area contributed by atoms with Crippen LogP contribution in [0.5, 0.6) is 5.75 Å². The zero-order valence-corrected chi connectivity index (χ0v) is 12.3. The highest BCUT2D eigenvalue weighted by Gasteiger charge is 2.22. The third kappa shape index (κ3) is 4.04. The number of carbonyl (C=O) groups is 1. The standard InChI is InChI=1S/C11H12ClF2NO4S/c1-15(2)9(16)5-6-19-7-3-4-8(20(12,17)18)11(14)10(7)13/h3-4H,5-6H2,1-2H3. The molecule has 0 aliphatic carbocycles. The number of ether oxygens (including phenoxy) is 1. The maximum atomic E-state index is 13.6. The molecular formula is C11H12ClF2NO4S. The van der Waals surface area contributed by atoms with Crippen molar-refractivity contribution in [2.75, 3.05) is 20.7 Å². The van der Waals surface area contributed by atoms with Crippen molar-refractivity contribution in [1.82, 2.24) is 4.90 Å². The summed E-state index contributed by atoms with van der Waals surface area (Å²) in [7, 11) is 3.66. The zero-order valence-electron chi connectivity index (χ0n) is 10.7. The normalized spacial score (nSPS) is 11.2. The Kier molecular flexibility index (Phi) is 5.29. The van der Waals surface area contributed by atoms with Crippen LogP contribution >= 0.6 is 10.7 Å². The molecule has 0 fully saturated rings. The van der Waals surface area contributed by atoms with Gasteiger partial charge in [0.05, 0.1) is 13.0 Å². The van der Waals surface area contributed by atoms with Crippen molar-refractivity contribution in [3.05, 3.63) is 23.8 Å². The van der Waals surface area contributed by atoms with Gasteiger partial charge in [-0.1, -0.05) is 0 Å². The van der Waals surface area contributed by atoms with Gasteiger partial charge in [0.15, 0.2) is 11.6 Å². The molecule has 5 nitrogen and oxygen atoms in total. The van der Waals surface area contributed by atoms with Gasteiger partial charge in [-0.15, -0.1) is 0 Å². The summed E-state index contributed by atoms with van der Waals surface area (Å²) in [5.74, 6) is -3.82. The van der Waals surface area contributed by atoms with Gasteiger partial charge in [-0.05, 0) is 12.1 Å². The second-order valence-corrected chi connectivity index (χ2v) is 6.55. The average molecular weight is 328 g/mol. The van der Waals surface area contributed by atoms with Gasteiger partial charge >= 0.3 is 0 Å². The van der Waals surface area contributed by atoms with Crippen molar-refractivity contribution < 1.29 is 26.7 Å². The number of hydrogen-bond donors (Lipinski definition) is 0. The van der Waals surface area contributed by atoms with E-state index in [0.717, 1.165) is 12.1 Å². The summed E-state index contributed by atoms with van der Waals surface area (Å²) in [4.78, 5) is 11.6. The third-order valence-electron chi connectivity index (χ3n) is 2.35. The summed E-state index contributed by atoms with van der Waals surface area (Å²) in [6, 6.07) is 1.73. The van der Waals surface area contributed by atoms with E-state index < -0.39 is 31.3 Å². The number of hydrogen-bond acceptors (Lipinski definition) is 4. The molecule has 0 saturated carbocycles. The number of rotatable bonds is 5. The van der Waals surface area contributed by atoms with Crippen LogP contribution in [0.15, 0.2) is 17.0 Å². The van der Waals surface area contributed by atoms with E-state index in [-0.39, 0.29) is 18.9 Å². The molecule has 1 aromatic rings. The van der Waals surface area contributed by atoms with Gasteiger partial charge in [0.25, 0.3) is 9.05 Å². The molecule has 0 unspecified atom stereocenters. The van der Waals surface area contributed by atoms with E-state index in [2.05, 4.69) is 0 Å². The van der Waals surface area contributed by atoms with Crippen LogP contribution in [-0.2, 0) is 13.8 Å². The Balaban J connectivity index is 2.84. The molecule has 0 bridgehead atoms. The van der Waals surface area contributed by atoms with Gasteiger partial charge in [-0.3, -0.25) is 4.79 Å². The second-order valence-electron chi connectivity index (χ2n) is 4.01. The maximum absolute atomic E-state index is 13.6. The van der Waals surface area contributed by atoms with Crippen LogP contribution in [0.25, 0.3) is 0 Å². The number of carbonyl (C=O) groups excluding carboxylic acids is 1. The Hall–Kier alpha value is -1.41. The molecule has 0 saturated heterocycles. The number of halogens is 3. The summed E-state index contributed by atoms with van der Waals surface area (Å²) in [5.41, 5.74) is 0. The molecule has 0 aliphatic rings. The summed E-state index contributed by atoms with van der Waals surface area (Å²) in [5, 5.41) is 0. The zero-order chi connectivity index (χ0) is 15.5. The van der Waals surface area contributed by atoms with Crippen LogP contribution in [0, 0.1) is 11.6 Å². The van der Waals surface area contributed by atoms with Crippen LogP contribution in [0.1, 0.15) is 6.42 Å². The van der Waals surface area contributed by atoms with E-state index in [1.807, 2.05) is 0 Å². The van der Waals surface area contributed by atoms with Crippen molar-refractivity contribution >= 4 is 25.6 Å². The highest BCUT2D eigenvalue weighted by Crippen LogP contribution is 2.27. The van der Waals surface area contributed by atoms with Gasteiger partial charge in [-0.2, -0.15) is 4.39 Å². The molecule has 0 aliphatic heterocycles. The first-order valence-electron chi connectivity index (χ1n) is 5.40. The summed E-state index contributed by atoms with van der Waals surface area (Å²) < 4.78 is 53.9. The largest absolute Gasteiger partial charge is 0.490 e. The molecule has 0 aromatic heterocycles. The topological polar surface area (TPSA) is 63.7 Å². The smallest absolute Gasteiger partial charge is 0.264 e.